The van der Waals surface area contributed by atoms with Crippen molar-refractivity contribution in [1.29, 1.82) is 0 Å². The number of aryl methyl sites for hydroxylation is 1. The average Bonchev–Trinajstić information content (AvgIpc) is 2.51. The molecule has 0 spiro atoms. The molecule has 0 aliphatic carbocycles. The molecule has 1 rings (SSSR count). The molecule has 1 aromatic heterocycles. The number of aromatic nitrogens is 3. The summed E-state index contributed by atoms with van der Waals surface area (Å²) in [4.78, 5) is 12.0. The van der Waals surface area contributed by atoms with Crippen molar-refractivity contribution in [3.63, 3.8) is 0 Å². The third-order valence-electron chi connectivity index (χ3n) is 3.83. The van der Waals surface area contributed by atoms with Crippen LogP contribution in [0.1, 0.15) is 77.0 Å². The van der Waals surface area contributed by atoms with E-state index in [1.165, 1.54) is 70.0 Å². The summed E-state index contributed by atoms with van der Waals surface area (Å²) in [6, 6.07) is 0. The summed E-state index contributed by atoms with van der Waals surface area (Å²) in [5.41, 5.74) is 11.1. The number of hydrogen-bond acceptors (Lipinski definition) is 6. The second-order valence-electron chi connectivity index (χ2n) is 6.01. The lowest BCUT2D eigenvalue weighted by molar-refractivity contribution is 0.563. The van der Waals surface area contributed by atoms with Crippen LogP contribution in [0.4, 0.5) is 11.9 Å². The molecule has 132 valence electrons. The van der Waals surface area contributed by atoms with E-state index >= 15 is 0 Å². The highest BCUT2D eigenvalue weighted by molar-refractivity contribution is 7.99. The van der Waals surface area contributed by atoms with Crippen molar-refractivity contribution < 1.29 is 0 Å². The van der Waals surface area contributed by atoms with Crippen LogP contribution in [0, 0.1) is 0 Å². The fourth-order valence-electron chi connectivity index (χ4n) is 2.53. The number of unbranched alkanes of at least 4 members (excludes halogenated alkanes) is 9. The summed E-state index contributed by atoms with van der Waals surface area (Å²) in [5.74, 6) is 3.36. The molecule has 4 N–H and O–H groups in total. The summed E-state index contributed by atoms with van der Waals surface area (Å²) in [7, 11) is 0. The van der Waals surface area contributed by atoms with E-state index in [1.54, 1.807) is 0 Å². The molecule has 6 heteroatoms. The Labute approximate surface area is 145 Å². The molecule has 0 aromatic carbocycles. The minimum atomic E-state index is 0.215. The van der Waals surface area contributed by atoms with Crippen LogP contribution in [0.2, 0.25) is 0 Å². The van der Waals surface area contributed by atoms with Crippen molar-refractivity contribution in [2.24, 2.45) is 0 Å². The van der Waals surface area contributed by atoms with Gasteiger partial charge >= 0.3 is 0 Å². The standard InChI is InChI=1S/C17H33N5S/c1-2-3-4-5-6-7-8-9-10-11-13-23-14-12-15-20-16(18)22-17(19)21-15/h2-14H2,1H3,(H4,18,19,20,21,22). The maximum atomic E-state index is 5.55. The smallest absolute Gasteiger partial charge is 0.225 e. The predicted molar refractivity (Wildman–Crippen MR) is 102 cm³/mol. The maximum absolute atomic E-state index is 5.55. The molecule has 0 saturated heterocycles. The van der Waals surface area contributed by atoms with E-state index in [4.69, 9.17) is 11.5 Å². The molecule has 0 aliphatic heterocycles. The molecule has 1 heterocycles. The van der Waals surface area contributed by atoms with Crippen LogP contribution < -0.4 is 11.5 Å². The van der Waals surface area contributed by atoms with Gasteiger partial charge in [-0.3, -0.25) is 0 Å². The Hall–Kier alpha value is -1.04. The van der Waals surface area contributed by atoms with Crippen molar-refractivity contribution in [2.75, 3.05) is 23.0 Å². The fraction of sp³-hybridized carbons (Fsp3) is 0.824. The highest BCUT2D eigenvalue weighted by atomic mass is 32.2. The van der Waals surface area contributed by atoms with Gasteiger partial charge in [0.2, 0.25) is 11.9 Å². The zero-order valence-corrected chi connectivity index (χ0v) is 15.4. The maximum Gasteiger partial charge on any atom is 0.225 e. The van der Waals surface area contributed by atoms with E-state index in [-0.39, 0.29) is 11.9 Å². The molecular weight excluding hydrogens is 306 g/mol. The van der Waals surface area contributed by atoms with Crippen molar-refractivity contribution in [1.82, 2.24) is 15.0 Å². The molecule has 0 bridgehead atoms. The first-order valence-electron chi connectivity index (χ1n) is 9.06. The molecule has 0 unspecified atom stereocenters. The van der Waals surface area contributed by atoms with Gasteiger partial charge in [0.15, 0.2) is 0 Å². The summed E-state index contributed by atoms with van der Waals surface area (Å²) in [5, 5.41) is 0. The molecule has 0 fully saturated rings. The van der Waals surface area contributed by atoms with Crippen molar-refractivity contribution in [3.8, 4) is 0 Å². The third-order valence-corrected chi connectivity index (χ3v) is 4.90. The molecule has 0 radical (unpaired) electrons. The first kappa shape index (κ1) is 20.0. The van der Waals surface area contributed by atoms with E-state index in [9.17, 15) is 0 Å². The van der Waals surface area contributed by atoms with Gasteiger partial charge in [0.05, 0.1) is 0 Å². The Kier molecular flexibility index (Phi) is 11.7. The van der Waals surface area contributed by atoms with Crippen LogP contribution >= 0.6 is 11.8 Å². The van der Waals surface area contributed by atoms with Crippen molar-refractivity contribution >= 4 is 23.7 Å². The van der Waals surface area contributed by atoms with E-state index in [1.807, 2.05) is 11.8 Å². The van der Waals surface area contributed by atoms with Gasteiger partial charge in [-0.05, 0) is 12.2 Å². The number of thioether (sulfide) groups is 1. The highest BCUT2D eigenvalue weighted by Crippen LogP contribution is 2.13. The van der Waals surface area contributed by atoms with Crippen LogP contribution in [0.3, 0.4) is 0 Å². The van der Waals surface area contributed by atoms with Gasteiger partial charge < -0.3 is 11.5 Å². The minimum absolute atomic E-state index is 0.215. The minimum Gasteiger partial charge on any atom is -0.368 e. The lowest BCUT2D eigenvalue weighted by atomic mass is 10.1. The van der Waals surface area contributed by atoms with Gasteiger partial charge in [0.25, 0.3) is 0 Å². The Morgan fingerprint density at radius 1 is 0.696 bits per heavy atom. The largest absolute Gasteiger partial charge is 0.368 e. The van der Waals surface area contributed by atoms with Crippen LogP contribution in [-0.2, 0) is 6.42 Å². The molecule has 5 nitrogen and oxygen atoms in total. The summed E-state index contributed by atoms with van der Waals surface area (Å²) in [6.07, 6.45) is 14.7. The van der Waals surface area contributed by atoms with Crippen LogP contribution in [0.25, 0.3) is 0 Å². The van der Waals surface area contributed by atoms with Crippen molar-refractivity contribution in [2.45, 2.75) is 77.6 Å². The number of rotatable bonds is 14. The number of anilines is 2. The zero-order chi connectivity index (χ0) is 16.8. The lowest BCUT2D eigenvalue weighted by Crippen LogP contribution is -2.07. The molecule has 0 aliphatic rings. The van der Waals surface area contributed by atoms with Crippen LogP contribution in [0.15, 0.2) is 0 Å². The lowest BCUT2D eigenvalue weighted by Gasteiger charge is -2.04. The monoisotopic (exact) mass is 339 g/mol. The van der Waals surface area contributed by atoms with Gasteiger partial charge in [-0.15, -0.1) is 0 Å². The quantitative estimate of drug-likeness (QED) is 0.493. The molecular formula is C17H33N5S. The molecule has 23 heavy (non-hydrogen) atoms. The Bertz CT molecular complexity index is 394. The Balaban J connectivity index is 1.86. The van der Waals surface area contributed by atoms with E-state index in [0.717, 1.165) is 12.2 Å². The molecule has 0 atom stereocenters. The van der Waals surface area contributed by atoms with E-state index in [0.29, 0.717) is 5.82 Å². The van der Waals surface area contributed by atoms with Gasteiger partial charge in [0.1, 0.15) is 5.82 Å². The topological polar surface area (TPSA) is 90.7 Å². The summed E-state index contributed by atoms with van der Waals surface area (Å²) in [6.45, 7) is 2.27. The average molecular weight is 340 g/mol. The van der Waals surface area contributed by atoms with Crippen LogP contribution in [-0.4, -0.2) is 26.5 Å². The van der Waals surface area contributed by atoms with Gasteiger partial charge in [-0.1, -0.05) is 64.7 Å². The number of nitrogens with two attached hydrogens (primary N) is 2. The number of nitrogens with zero attached hydrogens (tertiary/aromatic N) is 3. The van der Waals surface area contributed by atoms with Gasteiger partial charge in [-0.25, -0.2) is 0 Å². The Morgan fingerprint density at radius 3 is 1.78 bits per heavy atom. The molecule has 0 saturated carbocycles. The number of nitrogen functional groups attached to an aromatic ring is 2. The van der Waals surface area contributed by atoms with E-state index in [2.05, 4.69) is 21.9 Å². The molecule has 0 amide bonds. The van der Waals surface area contributed by atoms with Crippen LogP contribution in [0.5, 0.6) is 0 Å². The first-order valence-corrected chi connectivity index (χ1v) is 10.2. The fourth-order valence-corrected chi connectivity index (χ4v) is 3.46. The first-order chi connectivity index (χ1) is 11.2. The van der Waals surface area contributed by atoms with E-state index < -0.39 is 0 Å². The third kappa shape index (κ3) is 11.2. The highest BCUT2D eigenvalue weighted by Gasteiger charge is 2.01. The normalized spacial score (nSPS) is 11.0. The molecule has 1 aromatic rings. The number of hydrogen-bond donors (Lipinski definition) is 2. The summed E-state index contributed by atoms with van der Waals surface area (Å²) < 4.78 is 0. The Morgan fingerprint density at radius 2 is 1.22 bits per heavy atom. The van der Waals surface area contributed by atoms with Crippen molar-refractivity contribution in [3.05, 3.63) is 5.82 Å². The zero-order valence-electron chi connectivity index (χ0n) is 14.6. The van der Waals surface area contributed by atoms with Gasteiger partial charge in [-0.2, -0.15) is 26.7 Å². The summed E-state index contributed by atoms with van der Waals surface area (Å²) >= 11 is 1.96. The SMILES string of the molecule is CCCCCCCCCCCCSCCc1nc(N)nc(N)n1. The predicted octanol–water partition coefficient (Wildman–Crippen LogP) is 4.23. The second-order valence-corrected chi connectivity index (χ2v) is 7.24. The van der Waals surface area contributed by atoms with Gasteiger partial charge in [0, 0.05) is 12.2 Å². The second kappa shape index (κ2) is 13.4.